The molecule has 4 nitrogen and oxygen atoms in total. The van der Waals surface area contributed by atoms with Gasteiger partial charge in [0.05, 0.1) is 0 Å². The molecule has 1 aliphatic rings. The molecule has 2 rings (SSSR count). The van der Waals surface area contributed by atoms with Crippen LogP contribution in [0.25, 0.3) is 0 Å². The Bertz CT molecular complexity index is 412. The van der Waals surface area contributed by atoms with Gasteiger partial charge in [-0.25, -0.2) is 0 Å². The van der Waals surface area contributed by atoms with Crippen LogP contribution in [0.3, 0.4) is 0 Å². The fraction of sp³-hybridized carbons (Fsp3) is 0.500. The van der Waals surface area contributed by atoms with Gasteiger partial charge in [-0.3, -0.25) is 4.79 Å². The van der Waals surface area contributed by atoms with Gasteiger partial charge in [0.1, 0.15) is 5.75 Å². The van der Waals surface area contributed by atoms with Gasteiger partial charge in [0, 0.05) is 26.1 Å². The van der Waals surface area contributed by atoms with Crippen molar-refractivity contribution in [3.8, 4) is 5.75 Å². The Morgan fingerprint density at radius 3 is 2.61 bits per heavy atom. The molecule has 1 aliphatic carbocycles. The molecule has 18 heavy (non-hydrogen) atoms. The standard InChI is InChI=1S/C14H20N2O2/c1-16(9-10-2-6-12(17)7-3-10)14(18)8-13(15)11-4-5-11/h2-3,6-7,11,13,17H,4-5,8-9,15H2,1H3. The van der Waals surface area contributed by atoms with Crippen molar-refractivity contribution < 1.29 is 9.90 Å². The van der Waals surface area contributed by atoms with E-state index >= 15 is 0 Å². The van der Waals surface area contributed by atoms with Crippen molar-refractivity contribution in [2.24, 2.45) is 11.7 Å². The summed E-state index contributed by atoms with van der Waals surface area (Å²) in [5.74, 6) is 0.877. The molecule has 0 saturated heterocycles. The van der Waals surface area contributed by atoms with Crippen LogP contribution in [0.2, 0.25) is 0 Å². The Balaban J connectivity index is 1.84. The number of amides is 1. The monoisotopic (exact) mass is 248 g/mol. The number of nitrogens with zero attached hydrogens (tertiary/aromatic N) is 1. The Morgan fingerprint density at radius 2 is 2.06 bits per heavy atom. The average Bonchev–Trinajstić information content (AvgIpc) is 3.16. The first-order valence-electron chi connectivity index (χ1n) is 6.33. The summed E-state index contributed by atoms with van der Waals surface area (Å²) in [6, 6.07) is 6.91. The lowest BCUT2D eigenvalue weighted by atomic mass is 10.1. The van der Waals surface area contributed by atoms with Crippen LogP contribution in [0.5, 0.6) is 5.75 Å². The first-order valence-corrected chi connectivity index (χ1v) is 6.33. The quantitative estimate of drug-likeness (QED) is 0.829. The fourth-order valence-corrected chi connectivity index (χ4v) is 2.01. The molecule has 1 fully saturated rings. The smallest absolute Gasteiger partial charge is 0.224 e. The van der Waals surface area contributed by atoms with Crippen molar-refractivity contribution in [3.05, 3.63) is 29.8 Å². The number of carbonyl (C=O) groups excluding carboxylic acids is 1. The van der Waals surface area contributed by atoms with E-state index < -0.39 is 0 Å². The van der Waals surface area contributed by atoms with E-state index in [-0.39, 0.29) is 17.7 Å². The van der Waals surface area contributed by atoms with Crippen molar-refractivity contribution >= 4 is 5.91 Å². The van der Waals surface area contributed by atoms with Crippen LogP contribution in [-0.4, -0.2) is 29.0 Å². The molecule has 1 aromatic carbocycles. The maximum Gasteiger partial charge on any atom is 0.224 e. The van der Waals surface area contributed by atoms with Gasteiger partial charge in [0.15, 0.2) is 0 Å². The second-order valence-corrected chi connectivity index (χ2v) is 5.12. The SMILES string of the molecule is CN(Cc1ccc(O)cc1)C(=O)CC(N)C1CC1. The molecule has 3 N–H and O–H groups in total. The summed E-state index contributed by atoms with van der Waals surface area (Å²) >= 11 is 0. The second kappa shape index (κ2) is 5.40. The van der Waals surface area contributed by atoms with E-state index in [9.17, 15) is 9.90 Å². The molecule has 0 spiro atoms. The molecule has 0 aliphatic heterocycles. The highest BCUT2D eigenvalue weighted by atomic mass is 16.3. The molecule has 1 unspecified atom stereocenters. The van der Waals surface area contributed by atoms with Gasteiger partial charge in [0.25, 0.3) is 0 Å². The van der Waals surface area contributed by atoms with E-state index in [0.29, 0.717) is 18.9 Å². The van der Waals surface area contributed by atoms with Gasteiger partial charge in [-0.1, -0.05) is 12.1 Å². The number of aromatic hydroxyl groups is 1. The molecule has 98 valence electrons. The molecule has 0 aromatic heterocycles. The maximum atomic E-state index is 12.0. The number of nitrogens with two attached hydrogens (primary N) is 1. The summed E-state index contributed by atoms with van der Waals surface area (Å²) in [7, 11) is 1.79. The number of rotatable bonds is 5. The lowest BCUT2D eigenvalue weighted by molar-refractivity contribution is -0.130. The van der Waals surface area contributed by atoms with Crippen molar-refractivity contribution in [2.75, 3.05) is 7.05 Å². The minimum Gasteiger partial charge on any atom is -0.508 e. The van der Waals surface area contributed by atoms with Crippen LogP contribution in [0.15, 0.2) is 24.3 Å². The zero-order valence-corrected chi connectivity index (χ0v) is 10.7. The maximum absolute atomic E-state index is 12.0. The third-order valence-electron chi connectivity index (χ3n) is 3.42. The van der Waals surface area contributed by atoms with E-state index in [2.05, 4.69) is 0 Å². The van der Waals surface area contributed by atoms with Crippen molar-refractivity contribution in [1.82, 2.24) is 4.90 Å². The van der Waals surface area contributed by atoms with E-state index in [1.165, 1.54) is 0 Å². The largest absolute Gasteiger partial charge is 0.508 e. The molecule has 1 atom stereocenters. The van der Waals surface area contributed by atoms with Gasteiger partial charge in [-0.15, -0.1) is 0 Å². The van der Waals surface area contributed by atoms with Crippen LogP contribution >= 0.6 is 0 Å². The lowest BCUT2D eigenvalue weighted by Crippen LogP contribution is -2.34. The van der Waals surface area contributed by atoms with Gasteiger partial charge in [-0.2, -0.15) is 0 Å². The van der Waals surface area contributed by atoms with Gasteiger partial charge in [-0.05, 0) is 36.5 Å². The summed E-state index contributed by atoms with van der Waals surface area (Å²) in [5, 5.41) is 9.19. The number of phenolic OH excluding ortho intramolecular Hbond substituents is 1. The predicted octanol–water partition coefficient (Wildman–Crippen LogP) is 1.48. The van der Waals surface area contributed by atoms with Crippen LogP contribution in [0, 0.1) is 5.92 Å². The number of carbonyl (C=O) groups is 1. The highest BCUT2D eigenvalue weighted by Crippen LogP contribution is 2.32. The van der Waals surface area contributed by atoms with Gasteiger partial charge < -0.3 is 15.7 Å². The van der Waals surface area contributed by atoms with E-state index in [4.69, 9.17) is 5.73 Å². The molecule has 0 bridgehead atoms. The van der Waals surface area contributed by atoms with Crippen LogP contribution in [0.1, 0.15) is 24.8 Å². The van der Waals surface area contributed by atoms with E-state index in [0.717, 1.165) is 18.4 Å². The topological polar surface area (TPSA) is 66.6 Å². The zero-order chi connectivity index (χ0) is 13.1. The summed E-state index contributed by atoms with van der Waals surface area (Å²) < 4.78 is 0. The van der Waals surface area contributed by atoms with Crippen LogP contribution in [0.4, 0.5) is 0 Å². The number of hydrogen-bond acceptors (Lipinski definition) is 3. The third-order valence-corrected chi connectivity index (χ3v) is 3.42. The molecular formula is C14H20N2O2. The highest BCUT2D eigenvalue weighted by Gasteiger charge is 2.30. The van der Waals surface area contributed by atoms with Crippen molar-refractivity contribution in [3.63, 3.8) is 0 Å². The van der Waals surface area contributed by atoms with E-state index in [1.807, 2.05) is 12.1 Å². The molecule has 4 heteroatoms. The normalized spacial score (nSPS) is 16.3. The highest BCUT2D eigenvalue weighted by molar-refractivity contribution is 5.76. The van der Waals surface area contributed by atoms with Crippen molar-refractivity contribution in [2.45, 2.75) is 31.8 Å². The molecule has 1 saturated carbocycles. The number of benzene rings is 1. The second-order valence-electron chi connectivity index (χ2n) is 5.12. The average molecular weight is 248 g/mol. The van der Waals surface area contributed by atoms with Crippen LogP contribution < -0.4 is 5.73 Å². The minimum absolute atomic E-state index is 0.0137. The molecule has 1 aromatic rings. The fourth-order valence-electron chi connectivity index (χ4n) is 2.01. The number of phenols is 1. The van der Waals surface area contributed by atoms with Gasteiger partial charge >= 0.3 is 0 Å². The summed E-state index contributed by atoms with van der Waals surface area (Å²) in [5.41, 5.74) is 6.95. The van der Waals surface area contributed by atoms with Gasteiger partial charge in [0.2, 0.25) is 5.91 Å². The summed E-state index contributed by atoms with van der Waals surface area (Å²) in [6.45, 7) is 0.552. The van der Waals surface area contributed by atoms with Crippen LogP contribution in [-0.2, 0) is 11.3 Å². The third kappa shape index (κ3) is 3.47. The molecule has 0 heterocycles. The van der Waals surface area contributed by atoms with E-state index in [1.54, 1.807) is 24.1 Å². The van der Waals surface area contributed by atoms with Crippen molar-refractivity contribution in [1.29, 1.82) is 0 Å². The molecular weight excluding hydrogens is 228 g/mol. The number of hydrogen-bond donors (Lipinski definition) is 2. The molecule has 0 radical (unpaired) electrons. The zero-order valence-electron chi connectivity index (χ0n) is 10.7. The summed E-state index contributed by atoms with van der Waals surface area (Å²) in [4.78, 5) is 13.6. The first kappa shape index (κ1) is 12.9. The Hall–Kier alpha value is -1.55. The minimum atomic E-state index is 0.0137. The molecule has 1 amide bonds. The summed E-state index contributed by atoms with van der Waals surface area (Å²) in [6.07, 6.45) is 2.76. The lowest BCUT2D eigenvalue weighted by Gasteiger charge is -2.19. The Kier molecular flexibility index (Phi) is 3.87. The Labute approximate surface area is 107 Å². The Morgan fingerprint density at radius 1 is 1.44 bits per heavy atom. The predicted molar refractivity (Wildman–Crippen MR) is 69.9 cm³/mol. The first-order chi connectivity index (χ1) is 8.56.